The molecule has 1 heterocycles. The molecule has 2 fully saturated rings. The van der Waals surface area contributed by atoms with Gasteiger partial charge in [0.25, 0.3) is 0 Å². The fourth-order valence-electron chi connectivity index (χ4n) is 2.42. The molecule has 2 saturated carbocycles. The highest BCUT2D eigenvalue weighted by atomic mass is 16.5. The van der Waals surface area contributed by atoms with E-state index < -0.39 is 0 Å². The molecular weight excluding hydrogens is 206 g/mol. The van der Waals surface area contributed by atoms with E-state index in [0.29, 0.717) is 11.7 Å². The van der Waals surface area contributed by atoms with Crippen molar-refractivity contribution in [2.45, 2.75) is 49.7 Å². The van der Waals surface area contributed by atoms with E-state index in [0.717, 1.165) is 38.5 Å². The molecule has 0 spiro atoms. The van der Waals surface area contributed by atoms with Crippen LogP contribution in [0.3, 0.4) is 0 Å². The largest absolute Gasteiger partial charge is 0.370 e. The third kappa shape index (κ3) is 1.38. The number of hydrogen-bond donors (Lipinski definition) is 1. The Hall–Kier alpha value is -0.940. The summed E-state index contributed by atoms with van der Waals surface area (Å²) in [5, 5.41) is 4.06. The molecular formula is C11H17N3O2. The fraction of sp³-hybridized carbons (Fsp3) is 0.818. The van der Waals surface area contributed by atoms with Crippen molar-refractivity contribution >= 4 is 0 Å². The molecule has 0 aromatic carbocycles. The second-order valence-corrected chi connectivity index (χ2v) is 4.98. The van der Waals surface area contributed by atoms with Crippen molar-refractivity contribution in [1.29, 1.82) is 0 Å². The number of aromatic nitrogens is 2. The van der Waals surface area contributed by atoms with Gasteiger partial charge in [-0.3, -0.25) is 0 Å². The minimum absolute atomic E-state index is 0.326. The van der Waals surface area contributed by atoms with Gasteiger partial charge in [-0.25, -0.2) is 0 Å². The lowest BCUT2D eigenvalue weighted by Crippen LogP contribution is -2.26. The van der Waals surface area contributed by atoms with Crippen molar-refractivity contribution in [3.05, 3.63) is 11.7 Å². The van der Waals surface area contributed by atoms with E-state index in [1.54, 1.807) is 7.11 Å². The standard InChI is InChI=1S/C11H17N3O2/c1-15-11(4-2-3-5-11)8-13-9(16-14-8)10(12)6-7-10/h2-7,12H2,1H3. The quantitative estimate of drug-likeness (QED) is 0.839. The molecule has 0 unspecified atom stereocenters. The first-order chi connectivity index (χ1) is 7.69. The van der Waals surface area contributed by atoms with Crippen LogP contribution < -0.4 is 5.73 Å². The van der Waals surface area contributed by atoms with Gasteiger partial charge in [-0.05, 0) is 38.5 Å². The van der Waals surface area contributed by atoms with Crippen molar-refractivity contribution in [3.63, 3.8) is 0 Å². The summed E-state index contributed by atoms with van der Waals surface area (Å²) < 4.78 is 10.9. The summed E-state index contributed by atoms with van der Waals surface area (Å²) >= 11 is 0. The fourth-order valence-corrected chi connectivity index (χ4v) is 2.42. The number of rotatable bonds is 3. The molecule has 16 heavy (non-hydrogen) atoms. The van der Waals surface area contributed by atoms with Crippen LogP contribution in [0, 0.1) is 0 Å². The van der Waals surface area contributed by atoms with Gasteiger partial charge < -0.3 is 15.0 Å². The zero-order valence-electron chi connectivity index (χ0n) is 9.53. The van der Waals surface area contributed by atoms with Gasteiger partial charge in [0.1, 0.15) is 5.60 Å². The summed E-state index contributed by atoms with van der Waals surface area (Å²) in [6.45, 7) is 0. The van der Waals surface area contributed by atoms with Crippen LogP contribution in [0.25, 0.3) is 0 Å². The average Bonchev–Trinajstić information content (AvgIpc) is 2.82. The minimum atomic E-state index is -0.348. The summed E-state index contributed by atoms with van der Waals surface area (Å²) in [7, 11) is 1.72. The molecule has 0 amide bonds. The maximum atomic E-state index is 6.03. The molecule has 2 aliphatic rings. The minimum Gasteiger partial charge on any atom is -0.370 e. The van der Waals surface area contributed by atoms with Crippen LogP contribution in [-0.4, -0.2) is 17.3 Å². The van der Waals surface area contributed by atoms with Crippen LogP contribution in [0.15, 0.2) is 4.52 Å². The summed E-state index contributed by atoms with van der Waals surface area (Å²) in [5.74, 6) is 1.25. The zero-order chi connectivity index (χ0) is 11.2. The monoisotopic (exact) mass is 223 g/mol. The van der Waals surface area contributed by atoms with E-state index >= 15 is 0 Å². The smallest absolute Gasteiger partial charge is 0.246 e. The first kappa shape index (κ1) is 10.2. The Kier molecular flexibility index (Phi) is 2.09. The maximum absolute atomic E-state index is 6.03. The number of hydrogen-bond acceptors (Lipinski definition) is 5. The van der Waals surface area contributed by atoms with E-state index in [1.165, 1.54) is 0 Å². The topological polar surface area (TPSA) is 74.2 Å². The third-order valence-corrected chi connectivity index (χ3v) is 3.85. The molecule has 5 heteroatoms. The lowest BCUT2D eigenvalue weighted by molar-refractivity contribution is -0.0178. The van der Waals surface area contributed by atoms with Crippen molar-refractivity contribution < 1.29 is 9.26 Å². The first-order valence-electron chi connectivity index (χ1n) is 5.87. The van der Waals surface area contributed by atoms with E-state index in [1.807, 2.05) is 0 Å². The highest BCUT2D eigenvalue weighted by molar-refractivity contribution is 5.14. The van der Waals surface area contributed by atoms with Gasteiger partial charge in [-0.1, -0.05) is 5.16 Å². The van der Waals surface area contributed by atoms with Gasteiger partial charge in [0.2, 0.25) is 11.7 Å². The lowest BCUT2D eigenvalue weighted by Gasteiger charge is -2.22. The molecule has 2 N–H and O–H groups in total. The lowest BCUT2D eigenvalue weighted by atomic mass is 10.0. The number of methoxy groups -OCH3 is 1. The second kappa shape index (κ2) is 3.28. The molecule has 0 radical (unpaired) electrons. The van der Waals surface area contributed by atoms with Crippen molar-refractivity contribution in [3.8, 4) is 0 Å². The van der Waals surface area contributed by atoms with Gasteiger partial charge in [0.05, 0.1) is 5.54 Å². The van der Waals surface area contributed by atoms with Gasteiger partial charge in [-0.2, -0.15) is 4.98 Å². The molecule has 0 aliphatic heterocycles. The molecule has 1 aromatic heterocycles. The van der Waals surface area contributed by atoms with Crippen LogP contribution in [0.1, 0.15) is 50.2 Å². The van der Waals surface area contributed by atoms with E-state index in [4.69, 9.17) is 15.0 Å². The maximum Gasteiger partial charge on any atom is 0.246 e. The Labute approximate surface area is 94.3 Å². The number of nitrogens with zero attached hydrogens (tertiary/aromatic N) is 2. The van der Waals surface area contributed by atoms with Crippen LogP contribution in [-0.2, 0) is 15.9 Å². The average molecular weight is 223 g/mol. The Morgan fingerprint density at radius 3 is 2.50 bits per heavy atom. The highest BCUT2D eigenvalue weighted by Gasteiger charge is 2.48. The van der Waals surface area contributed by atoms with Crippen LogP contribution in [0.4, 0.5) is 0 Å². The Balaban J connectivity index is 1.91. The van der Waals surface area contributed by atoms with Crippen molar-refractivity contribution in [1.82, 2.24) is 10.1 Å². The third-order valence-electron chi connectivity index (χ3n) is 3.85. The molecule has 0 atom stereocenters. The van der Waals surface area contributed by atoms with Gasteiger partial charge >= 0.3 is 0 Å². The Morgan fingerprint density at radius 1 is 1.25 bits per heavy atom. The number of ether oxygens (including phenoxy) is 1. The van der Waals surface area contributed by atoms with Gasteiger partial charge in [-0.15, -0.1) is 0 Å². The van der Waals surface area contributed by atoms with Gasteiger partial charge in [0.15, 0.2) is 0 Å². The predicted octanol–water partition coefficient (Wildman–Crippen LogP) is 1.43. The summed E-state index contributed by atoms with van der Waals surface area (Å²) in [5.41, 5.74) is 5.35. The van der Waals surface area contributed by atoms with E-state index in [2.05, 4.69) is 10.1 Å². The van der Waals surface area contributed by atoms with Crippen molar-refractivity contribution in [2.24, 2.45) is 5.73 Å². The predicted molar refractivity (Wildman–Crippen MR) is 56.6 cm³/mol. The van der Waals surface area contributed by atoms with Crippen LogP contribution >= 0.6 is 0 Å². The molecule has 5 nitrogen and oxygen atoms in total. The van der Waals surface area contributed by atoms with Crippen LogP contribution in [0.5, 0.6) is 0 Å². The molecule has 2 aliphatic carbocycles. The zero-order valence-corrected chi connectivity index (χ0v) is 9.53. The Bertz CT molecular complexity index is 392. The van der Waals surface area contributed by atoms with Gasteiger partial charge in [0, 0.05) is 7.11 Å². The molecule has 0 saturated heterocycles. The molecule has 3 rings (SSSR count). The number of nitrogens with two attached hydrogens (primary N) is 1. The molecule has 1 aromatic rings. The summed E-state index contributed by atoms with van der Waals surface area (Å²) in [4.78, 5) is 4.44. The van der Waals surface area contributed by atoms with E-state index in [-0.39, 0.29) is 11.1 Å². The molecule has 88 valence electrons. The first-order valence-corrected chi connectivity index (χ1v) is 5.87. The normalized spacial score (nSPS) is 25.9. The van der Waals surface area contributed by atoms with E-state index in [9.17, 15) is 0 Å². The van der Waals surface area contributed by atoms with Crippen LogP contribution in [0.2, 0.25) is 0 Å². The SMILES string of the molecule is COC1(c2noc(C3(N)CC3)n2)CCCC1. The summed E-state index contributed by atoms with van der Waals surface area (Å²) in [6.07, 6.45) is 6.14. The Morgan fingerprint density at radius 2 is 1.94 bits per heavy atom. The van der Waals surface area contributed by atoms with Crippen molar-refractivity contribution in [2.75, 3.05) is 7.11 Å². The summed E-state index contributed by atoms with van der Waals surface area (Å²) in [6, 6.07) is 0. The second-order valence-electron chi connectivity index (χ2n) is 4.98. The highest BCUT2D eigenvalue weighted by Crippen LogP contribution is 2.44. The molecule has 0 bridgehead atoms.